The van der Waals surface area contributed by atoms with Crippen molar-refractivity contribution in [3.8, 4) is 0 Å². The average molecular weight is 348 g/mol. The molecule has 0 unspecified atom stereocenters. The molecule has 2 aromatic carbocycles. The van der Waals surface area contributed by atoms with Gasteiger partial charge in [-0.1, -0.05) is 48.5 Å². The second-order valence-electron chi connectivity index (χ2n) is 7.67. The highest BCUT2D eigenvalue weighted by Gasteiger charge is 2.25. The Balaban J connectivity index is 1.28. The number of para-hydroxylation sites is 1. The minimum Gasteiger partial charge on any atom is -0.312 e. The minimum absolute atomic E-state index is 0.296. The average Bonchev–Trinajstić information content (AvgIpc) is 2.69. The fraction of sp³-hybridized carbons (Fsp3) is 0.435. The van der Waals surface area contributed by atoms with Gasteiger partial charge in [0.2, 0.25) is 5.91 Å². The smallest absolute Gasteiger partial charge is 0.227 e. The number of benzene rings is 2. The van der Waals surface area contributed by atoms with Crippen LogP contribution in [0.3, 0.4) is 0 Å². The van der Waals surface area contributed by atoms with Crippen LogP contribution in [0.2, 0.25) is 0 Å². The van der Waals surface area contributed by atoms with Crippen LogP contribution in [-0.4, -0.2) is 30.4 Å². The van der Waals surface area contributed by atoms with Crippen LogP contribution in [-0.2, 0) is 17.8 Å². The first-order valence-corrected chi connectivity index (χ1v) is 9.94. The van der Waals surface area contributed by atoms with Crippen molar-refractivity contribution in [2.24, 2.45) is 5.92 Å². The van der Waals surface area contributed by atoms with Crippen LogP contribution >= 0.6 is 0 Å². The van der Waals surface area contributed by atoms with Gasteiger partial charge >= 0.3 is 0 Å². The van der Waals surface area contributed by atoms with Gasteiger partial charge in [-0.2, -0.15) is 0 Å². The van der Waals surface area contributed by atoms with Gasteiger partial charge in [0.15, 0.2) is 0 Å². The summed E-state index contributed by atoms with van der Waals surface area (Å²) in [6, 6.07) is 19.1. The van der Waals surface area contributed by atoms with E-state index in [9.17, 15) is 4.79 Å². The number of rotatable bonds is 5. The molecule has 0 atom stereocenters. The lowest BCUT2D eigenvalue weighted by Crippen LogP contribution is -2.38. The molecule has 1 amide bonds. The van der Waals surface area contributed by atoms with Crippen molar-refractivity contribution in [2.45, 2.75) is 38.6 Å². The minimum atomic E-state index is 0.296. The van der Waals surface area contributed by atoms with Crippen molar-refractivity contribution >= 4 is 11.6 Å². The van der Waals surface area contributed by atoms with E-state index in [0.29, 0.717) is 12.3 Å². The molecule has 26 heavy (non-hydrogen) atoms. The van der Waals surface area contributed by atoms with E-state index in [1.807, 2.05) is 11.0 Å². The molecule has 0 bridgehead atoms. The molecule has 3 nitrogen and oxygen atoms in total. The van der Waals surface area contributed by atoms with Gasteiger partial charge in [-0.15, -0.1) is 0 Å². The number of aryl methyl sites for hydroxylation is 1. The van der Waals surface area contributed by atoms with Gasteiger partial charge in [0, 0.05) is 25.2 Å². The van der Waals surface area contributed by atoms with Crippen LogP contribution in [0.25, 0.3) is 0 Å². The SMILES string of the molecule is O=C1CCc2ccccc2N1CCC1CCN(Cc2ccccc2)CC1. The molecule has 2 aromatic rings. The van der Waals surface area contributed by atoms with E-state index in [1.165, 1.54) is 37.1 Å². The van der Waals surface area contributed by atoms with Crippen molar-refractivity contribution in [1.82, 2.24) is 4.90 Å². The summed E-state index contributed by atoms with van der Waals surface area (Å²) in [6.45, 7) is 4.28. The van der Waals surface area contributed by atoms with E-state index in [-0.39, 0.29) is 0 Å². The Morgan fingerprint density at radius 2 is 1.62 bits per heavy atom. The predicted molar refractivity (Wildman–Crippen MR) is 106 cm³/mol. The third-order valence-electron chi connectivity index (χ3n) is 5.91. The van der Waals surface area contributed by atoms with Gasteiger partial charge < -0.3 is 4.90 Å². The lowest BCUT2D eigenvalue weighted by atomic mass is 9.92. The molecule has 1 saturated heterocycles. The molecule has 0 saturated carbocycles. The summed E-state index contributed by atoms with van der Waals surface area (Å²) in [6.07, 6.45) is 5.17. The number of anilines is 1. The fourth-order valence-corrected chi connectivity index (χ4v) is 4.33. The van der Waals surface area contributed by atoms with Crippen LogP contribution in [0.5, 0.6) is 0 Å². The summed E-state index contributed by atoms with van der Waals surface area (Å²) in [5.74, 6) is 1.04. The predicted octanol–water partition coefficient (Wildman–Crippen LogP) is 4.27. The van der Waals surface area contributed by atoms with Crippen molar-refractivity contribution in [3.63, 3.8) is 0 Å². The zero-order valence-electron chi connectivity index (χ0n) is 15.4. The maximum Gasteiger partial charge on any atom is 0.227 e. The Hall–Kier alpha value is -2.13. The zero-order chi connectivity index (χ0) is 17.8. The van der Waals surface area contributed by atoms with Crippen LogP contribution in [0, 0.1) is 5.92 Å². The molecule has 2 heterocycles. The molecule has 2 aliphatic heterocycles. The molecule has 136 valence electrons. The second-order valence-corrected chi connectivity index (χ2v) is 7.67. The Labute approximate surface area is 156 Å². The summed E-state index contributed by atoms with van der Waals surface area (Å²) in [4.78, 5) is 17.0. The number of carbonyl (C=O) groups is 1. The van der Waals surface area contributed by atoms with Gasteiger partial charge in [0.05, 0.1) is 0 Å². The molecule has 0 N–H and O–H groups in total. The Morgan fingerprint density at radius 1 is 0.885 bits per heavy atom. The van der Waals surface area contributed by atoms with Crippen LogP contribution in [0.15, 0.2) is 54.6 Å². The Bertz CT molecular complexity index is 735. The van der Waals surface area contributed by atoms with Crippen molar-refractivity contribution < 1.29 is 4.79 Å². The highest BCUT2D eigenvalue weighted by molar-refractivity contribution is 5.96. The molecule has 4 rings (SSSR count). The maximum absolute atomic E-state index is 12.4. The number of hydrogen-bond donors (Lipinski definition) is 0. The first kappa shape index (κ1) is 17.3. The van der Waals surface area contributed by atoms with Gasteiger partial charge in [-0.05, 0) is 61.9 Å². The fourth-order valence-electron chi connectivity index (χ4n) is 4.33. The van der Waals surface area contributed by atoms with Gasteiger partial charge in [0.25, 0.3) is 0 Å². The first-order chi connectivity index (χ1) is 12.8. The van der Waals surface area contributed by atoms with Crippen molar-refractivity contribution in [3.05, 3.63) is 65.7 Å². The molecular formula is C23H28N2O. The normalized spacial score (nSPS) is 18.8. The topological polar surface area (TPSA) is 23.6 Å². The van der Waals surface area contributed by atoms with Gasteiger partial charge in [0.1, 0.15) is 0 Å². The number of likely N-dealkylation sites (tertiary alicyclic amines) is 1. The molecule has 0 spiro atoms. The summed E-state index contributed by atoms with van der Waals surface area (Å²) < 4.78 is 0. The van der Waals surface area contributed by atoms with Crippen LogP contribution in [0.1, 0.15) is 36.8 Å². The van der Waals surface area contributed by atoms with Crippen molar-refractivity contribution in [2.75, 3.05) is 24.5 Å². The largest absolute Gasteiger partial charge is 0.312 e. The molecule has 3 heteroatoms. The van der Waals surface area contributed by atoms with E-state index in [0.717, 1.165) is 37.5 Å². The molecule has 1 fully saturated rings. The molecule has 0 radical (unpaired) electrons. The van der Waals surface area contributed by atoms with Crippen LogP contribution in [0.4, 0.5) is 5.69 Å². The second kappa shape index (κ2) is 8.05. The number of amides is 1. The van der Waals surface area contributed by atoms with Gasteiger partial charge in [-0.25, -0.2) is 0 Å². The lowest BCUT2D eigenvalue weighted by molar-refractivity contribution is -0.118. The number of hydrogen-bond acceptors (Lipinski definition) is 2. The molecule has 0 aromatic heterocycles. The van der Waals surface area contributed by atoms with E-state index in [2.05, 4.69) is 53.4 Å². The monoisotopic (exact) mass is 348 g/mol. The number of piperidine rings is 1. The standard InChI is InChI=1S/C23H28N2O/c26-23-11-10-21-8-4-5-9-22(21)25(23)17-14-19-12-15-24(16-13-19)18-20-6-2-1-3-7-20/h1-9,19H,10-18H2. The zero-order valence-corrected chi connectivity index (χ0v) is 15.4. The third-order valence-corrected chi connectivity index (χ3v) is 5.91. The van der Waals surface area contributed by atoms with Crippen LogP contribution < -0.4 is 4.90 Å². The third kappa shape index (κ3) is 3.99. The van der Waals surface area contributed by atoms with Gasteiger partial charge in [-0.3, -0.25) is 9.69 Å². The van der Waals surface area contributed by atoms with Crippen molar-refractivity contribution in [1.29, 1.82) is 0 Å². The number of nitrogens with zero attached hydrogens (tertiary/aromatic N) is 2. The number of carbonyl (C=O) groups excluding carboxylic acids is 1. The summed E-state index contributed by atoms with van der Waals surface area (Å²) in [5.41, 5.74) is 3.87. The van der Waals surface area contributed by atoms with E-state index in [1.54, 1.807) is 0 Å². The molecule has 0 aliphatic carbocycles. The lowest BCUT2D eigenvalue weighted by Gasteiger charge is -2.34. The quantitative estimate of drug-likeness (QED) is 0.806. The van der Waals surface area contributed by atoms with E-state index in [4.69, 9.17) is 0 Å². The highest BCUT2D eigenvalue weighted by Crippen LogP contribution is 2.29. The highest BCUT2D eigenvalue weighted by atomic mass is 16.2. The Morgan fingerprint density at radius 3 is 2.42 bits per heavy atom. The summed E-state index contributed by atoms with van der Waals surface area (Å²) >= 11 is 0. The number of fused-ring (bicyclic) bond motifs is 1. The first-order valence-electron chi connectivity index (χ1n) is 9.94. The molecule has 2 aliphatic rings. The van der Waals surface area contributed by atoms with E-state index < -0.39 is 0 Å². The maximum atomic E-state index is 12.4. The van der Waals surface area contributed by atoms with E-state index >= 15 is 0 Å². The summed E-state index contributed by atoms with van der Waals surface area (Å²) in [7, 11) is 0. The summed E-state index contributed by atoms with van der Waals surface area (Å²) in [5, 5.41) is 0. The Kier molecular flexibility index (Phi) is 5.35. The molecular weight excluding hydrogens is 320 g/mol.